The van der Waals surface area contributed by atoms with E-state index in [0.29, 0.717) is 52.2 Å². The van der Waals surface area contributed by atoms with Crippen LogP contribution in [0.1, 0.15) is 31.4 Å². The van der Waals surface area contributed by atoms with Crippen molar-refractivity contribution in [2.24, 2.45) is 5.92 Å². The predicted octanol–water partition coefficient (Wildman–Crippen LogP) is 4.74. The fourth-order valence-corrected chi connectivity index (χ4v) is 4.34. The minimum atomic E-state index is -0.322. The van der Waals surface area contributed by atoms with E-state index in [2.05, 4.69) is 13.8 Å². The standard InChI is InChI=1S/C22H23FN2O3S/c1-14(2)7-8-25-21(26)18-5-3-4-6-19(18)24-22(25)29-12-16-10-17(23)9-15-11-27-13-28-20(15)16/h3-6,9-10,14H,7-8,11-13H2,1-2H3. The molecule has 29 heavy (non-hydrogen) atoms. The van der Waals surface area contributed by atoms with Gasteiger partial charge < -0.3 is 9.47 Å². The number of rotatable bonds is 6. The maximum atomic E-state index is 14.1. The molecule has 2 aromatic carbocycles. The van der Waals surface area contributed by atoms with E-state index in [1.807, 2.05) is 24.3 Å². The number of fused-ring (bicyclic) bond motifs is 2. The third-order valence-corrected chi connectivity index (χ3v) is 5.89. The number of ether oxygens (including phenoxy) is 2. The summed E-state index contributed by atoms with van der Waals surface area (Å²) in [6.45, 7) is 5.35. The van der Waals surface area contributed by atoms with Crippen LogP contribution in [0.5, 0.6) is 5.75 Å². The van der Waals surface area contributed by atoms with Gasteiger partial charge in [0, 0.05) is 23.4 Å². The quantitative estimate of drug-likeness (QED) is 0.431. The van der Waals surface area contributed by atoms with Crippen LogP contribution in [-0.2, 0) is 23.6 Å². The minimum Gasteiger partial charge on any atom is -0.467 e. The molecule has 3 aromatic rings. The maximum absolute atomic E-state index is 14.1. The summed E-state index contributed by atoms with van der Waals surface area (Å²) in [6.07, 6.45) is 0.878. The molecule has 0 N–H and O–H groups in total. The highest BCUT2D eigenvalue weighted by atomic mass is 32.2. The molecular formula is C22H23FN2O3S. The van der Waals surface area contributed by atoms with Crippen molar-refractivity contribution in [2.45, 2.75) is 44.3 Å². The molecule has 0 unspecified atom stereocenters. The van der Waals surface area contributed by atoms with Crippen molar-refractivity contribution in [1.82, 2.24) is 9.55 Å². The van der Waals surface area contributed by atoms with Gasteiger partial charge in [-0.3, -0.25) is 9.36 Å². The van der Waals surface area contributed by atoms with Crippen molar-refractivity contribution in [2.75, 3.05) is 6.79 Å². The molecule has 0 bridgehead atoms. The first-order valence-corrected chi connectivity index (χ1v) is 10.7. The van der Waals surface area contributed by atoms with Crippen LogP contribution in [0.4, 0.5) is 4.39 Å². The Hall–Kier alpha value is -2.38. The smallest absolute Gasteiger partial charge is 0.262 e. The number of nitrogens with zero attached hydrogens (tertiary/aromatic N) is 2. The van der Waals surface area contributed by atoms with E-state index < -0.39 is 0 Å². The highest BCUT2D eigenvalue weighted by Gasteiger charge is 2.19. The number of hydrogen-bond acceptors (Lipinski definition) is 5. The molecule has 0 radical (unpaired) electrons. The van der Waals surface area contributed by atoms with E-state index in [-0.39, 0.29) is 18.2 Å². The number of thioether (sulfide) groups is 1. The molecule has 4 rings (SSSR count). The van der Waals surface area contributed by atoms with Crippen LogP contribution in [0.25, 0.3) is 10.9 Å². The molecular weight excluding hydrogens is 391 g/mol. The average Bonchev–Trinajstić information content (AvgIpc) is 2.71. The first kappa shape index (κ1) is 19.9. The van der Waals surface area contributed by atoms with Gasteiger partial charge in [-0.1, -0.05) is 37.7 Å². The van der Waals surface area contributed by atoms with Gasteiger partial charge >= 0.3 is 0 Å². The van der Waals surface area contributed by atoms with Crippen LogP contribution in [-0.4, -0.2) is 16.3 Å². The largest absolute Gasteiger partial charge is 0.467 e. The molecule has 0 aliphatic carbocycles. The van der Waals surface area contributed by atoms with Gasteiger partial charge in [-0.25, -0.2) is 9.37 Å². The second kappa shape index (κ2) is 8.55. The molecule has 7 heteroatoms. The van der Waals surface area contributed by atoms with Gasteiger partial charge in [0.2, 0.25) is 0 Å². The molecule has 5 nitrogen and oxygen atoms in total. The lowest BCUT2D eigenvalue weighted by Gasteiger charge is -2.21. The van der Waals surface area contributed by atoms with Crippen LogP contribution >= 0.6 is 11.8 Å². The van der Waals surface area contributed by atoms with Crippen LogP contribution in [0.3, 0.4) is 0 Å². The average molecular weight is 415 g/mol. The molecule has 152 valence electrons. The molecule has 0 saturated carbocycles. The zero-order chi connectivity index (χ0) is 20.4. The third-order valence-electron chi connectivity index (χ3n) is 4.87. The fraction of sp³-hybridized carbons (Fsp3) is 0.364. The number of aromatic nitrogens is 2. The molecule has 0 fully saturated rings. The second-order valence-electron chi connectivity index (χ2n) is 7.50. The Balaban J connectivity index is 1.70. The zero-order valence-electron chi connectivity index (χ0n) is 16.5. The molecule has 1 aromatic heterocycles. The third kappa shape index (κ3) is 4.31. The number of benzene rings is 2. The van der Waals surface area contributed by atoms with E-state index in [0.717, 1.165) is 12.0 Å². The number of para-hydroxylation sites is 1. The molecule has 1 aliphatic rings. The minimum absolute atomic E-state index is 0.0373. The van der Waals surface area contributed by atoms with Gasteiger partial charge in [-0.2, -0.15) is 0 Å². The first-order valence-electron chi connectivity index (χ1n) is 9.67. The van der Waals surface area contributed by atoms with Crippen molar-refractivity contribution in [1.29, 1.82) is 0 Å². The van der Waals surface area contributed by atoms with E-state index in [1.54, 1.807) is 4.57 Å². The van der Waals surface area contributed by atoms with Crippen molar-refractivity contribution < 1.29 is 13.9 Å². The molecule has 0 atom stereocenters. The Morgan fingerprint density at radius 3 is 2.93 bits per heavy atom. The Morgan fingerprint density at radius 1 is 1.28 bits per heavy atom. The molecule has 2 heterocycles. The molecule has 0 amide bonds. The van der Waals surface area contributed by atoms with Crippen LogP contribution in [0.15, 0.2) is 46.3 Å². The Kier molecular flexibility index (Phi) is 5.87. The summed E-state index contributed by atoms with van der Waals surface area (Å²) < 4.78 is 26.7. The summed E-state index contributed by atoms with van der Waals surface area (Å²) in [6, 6.07) is 10.3. The Morgan fingerprint density at radius 2 is 2.10 bits per heavy atom. The molecule has 1 aliphatic heterocycles. The predicted molar refractivity (Wildman–Crippen MR) is 112 cm³/mol. The Labute approximate surface area is 172 Å². The van der Waals surface area contributed by atoms with Crippen molar-refractivity contribution in [3.63, 3.8) is 0 Å². The van der Waals surface area contributed by atoms with E-state index in [9.17, 15) is 9.18 Å². The summed E-state index contributed by atoms with van der Waals surface area (Å²) in [7, 11) is 0. The lowest BCUT2D eigenvalue weighted by Crippen LogP contribution is -2.24. The topological polar surface area (TPSA) is 53.4 Å². The summed E-state index contributed by atoms with van der Waals surface area (Å²) >= 11 is 1.43. The monoisotopic (exact) mass is 414 g/mol. The SMILES string of the molecule is CC(C)CCn1c(SCc2cc(F)cc3c2OCOC3)nc2ccccc2c1=O. The van der Waals surface area contributed by atoms with E-state index in [4.69, 9.17) is 14.5 Å². The number of halogens is 1. The van der Waals surface area contributed by atoms with Gasteiger partial charge in [0.05, 0.1) is 17.5 Å². The van der Waals surface area contributed by atoms with Crippen molar-refractivity contribution in [3.05, 3.63) is 63.7 Å². The van der Waals surface area contributed by atoms with E-state index >= 15 is 0 Å². The summed E-state index contributed by atoms with van der Waals surface area (Å²) in [5.41, 5.74) is 2.08. The van der Waals surface area contributed by atoms with Crippen LogP contribution in [0.2, 0.25) is 0 Å². The van der Waals surface area contributed by atoms with Crippen LogP contribution < -0.4 is 10.3 Å². The summed E-state index contributed by atoms with van der Waals surface area (Å²) in [4.78, 5) is 17.8. The maximum Gasteiger partial charge on any atom is 0.262 e. The van der Waals surface area contributed by atoms with Crippen molar-refractivity contribution in [3.8, 4) is 5.75 Å². The zero-order valence-corrected chi connectivity index (χ0v) is 17.3. The van der Waals surface area contributed by atoms with Gasteiger partial charge in [0.15, 0.2) is 11.9 Å². The van der Waals surface area contributed by atoms with E-state index in [1.165, 1.54) is 23.9 Å². The van der Waals surface area contributed by atoms with Crippen molar-refractivity contribution >= 4 is 22.7 Å². The summed E-state index contributed by atoms with van der Waals surface area (Å²) in [5.74, 6) is 1.26. The lowest BCUT2D eigenvalue weighted by atomic mass is 10.1. The normalized spacial score (nSPS) is 13.5. The van der Waals surface area contributed by atoms with Gasteiger partial charge in [-0.15, -0.1) is 0 Å². The Bertz CT molecular complexity index is 1100. The molecule has 0 saturated heterocycles. The first-order chi connectivity index (χ1) is 14.0. The lowest BCUT2D eigenvalue weighted by molar-refractivity contribution is -0.0171. The van der Waals surface area contributed by atoms with Crippen LogP contribution in [0, 0.1) is 11.7 Å². The summed E-state index contributed by atoms with van der Waals surface area (Å²) in [5, 5.41) is 1.25. The van der Waals surface area contributed by atoms with Gasteiger partial charge in [0.25, 0.3) is 5.56 Å². The second-order valence-corrected chi connectivity index (χ2v) is 8.45. The number of hydrogen-bond donors (Lipinski definition) is 0. The fourth-order valence-electron chi connectivity index (χ4n) is 3.35. The highest BCUT2D eigenvalue weighted by Crippen LogP contribution is 2.33. The molecule has 0 spiro atoms. The highest BCUT2D eigenvalue weighted by molar-refractivity contribution is 7.98. The van der Waals surface area contributed by atoms with Gasteiger partial charge in [-0.05, 0) is 36.6 Å². The van der Waals surface area contributed by atoms with Gasteiger partial charge in [0.1, 0.15) is 11.6 Å².